The number of aromatic nitrogens is 1. The van der Waals surface area contributed by atoms with Crippen LogP contribution in [-0.4, -0.2) is 38.8 Å². The summed E-state index contributed by atoms with van der Waals surface area (Å²) in [4.78, 5) is 8.59. The van der Waals surface area contributed by atoms with Gasteiger partial charge in [0.25, 0.3) is 0 Å². The lowest BCUT2D eigenvalue weighted by atomic mass is 10.2. The zero-order valence-electron chi connectivity index (χ0n) is 16.4. The van der Waals surface area contributed by atoms with E-state index in [4.69, 9.17) is 14.2 Å². The number of nitrogens with one attached hydrogen (secondary N) is 2. The molecule has 0 unspecified atom stereocenters. The zero-order chi connectivity index (χ0) is 19.5. The summed E-state index contributed by atoms with van der Waals surface area (Å²) < 4.78 is 16.4. The maximum atomic E-state index is 5.78. The topological polar surface area (TPSA) is 77.0 Å². The van der Waals surface area contributed by atoms with Gasteiger partial charge in [0.05, 0.1) is 20.8 Å². The van der Waals surface area contributed by atoms with Crippen molar-refractivity contribution in [3.63, 3.8) is 0 Å². The Bertz CT molecular complexity index is 750. The van der Waals surface area contributed by atoms with Gasteiger partial charge in [0.1, 0.15) is 0 Å². The Kier molecular flexibility index (Phi) is 8.22. The summed E-state index contributed by atoms with van der Waals surface area (Å²) in [6.45, 7) is 3.34. The van der Waals surface area contributed by atoms with E-state index in [1.165, 1.54) is 0 Å². The first-order valence-electron chi connectivity index (χ1n) is 8.98. The molecule has 1 aromatic carbocycles. The molecule has 0 spiro atoms. The number of rotatable bonds is 9. The third-order valence-electron chi connectivity index (χ3n) is 3.90. The fourth-order valence-electron chi connectivity index (χ4n) is 2.41. The van der Waals surface area contributed by atoms with Gasteiger partial charge in [0, 0.05) is 37.1 Å². The first-order valence-corrected chi connectivity index (χ1v) is 8.98. The summed E-state index contributed by atoms with van der Waals surface area (Å²) in [6.07, 6.45) is 3.83. The van der Waals surface area contributed by atoms with Crippen molar-refractivity contribution in [2.24, 2.45) is 4.99 Å². The molecule has 0 aliphatic carbocycles. The lowest BCUT2D eigenvalue weighted by Crippen LogP contribution is -2.30. The van der Waals surface area contributed by atoms with Gasteiger partial charge in [-0.3, -0.25) is 4.99 Å². The largest absolute Gasteiger partial charge is 0.493 e. The Morgan fingerprint density at radius 2 is 1.96 bits per heavy atom. The molecule has 27 heavy (non-hydrogen) atoms. The van der Waals surface area contributed by atoms with Crippen LogP contribution in [0.4, 0.5) is 5.69 Å². The molecule has 0 radical (unpaired) electrons. The number of hydrogen-bond acceptors (Lipinski definition) is 5. The molecule has 0 fully saturated rings. The Morgan fingerprint density at radius 1 is 1.15 bits per heavy atom. The highest BCUT2D eigenvalue weighted by molar-refractivity contribution is 5.93. The molecule has 0 atom stereocenters. The summed E-state index contributed by atoms with van der Waals surface area (Å²) in [7, 11) is 4.94. The van der Waals surface area contributed by atoms with E-state index in [-0.39, 0.29) is 0 Å². The number of guanidine groups is 1. The van der Waals surface area contributed by atoms with E-state index in [1.54, 1.807) is 27.5 Å². The summed E-state index contributed by atoms with van der Waals surface area (Å²) in [5.41, 5.74) is 1.82. The number of pyridine rings is 1. The Labute approximate surface area is 160 Å². The average Bonchev–Trinajstić information content (AvgIpc) is 2.71. The molecule has 0 aliphatic heterocycles. The van der Waals surface area contributed by atoms with Crippen LogP contribution in [0.15, 0.2) is 41.5 Å². The summed E-state index contributed by atoms with van der Waals surface area (Å²) in [5, 5.41) is 6.52. The number of ether oxygens (including phenoxy) is 3. The maximum Gasteiger partial charge on any atom is 0.218 e. The quantitative estimate of drug-likeness (QED) is 0.399. The van der Waals surface area contributed by atoms with E-state index in [0.717, 1.165) is 24.1 Å². The number of nitrogens with zero attached hydrogens (tertiary/aromatic N) is 2. The summed E-state index contributed by atoms with van der Waals surface area (Å²) in [6, 6.07) is 9.49. The average molecular weight is 372 g/mol. The van der Waals surface area contributed by atoms with Crippen LogP contribution in [-0.2, 0) is 6.54 Å². The van der Waals surface area contributed by atoms with E-state index >= 15 is 0 Å². The Morgan fingerprint density at radius 3 is 2.67 bits per heavy atom. The van der Waals surface area contributed by atoms with Gasteiger partial charge in [0.15, 0.2) is 17.5 Å². The van der Waals surface area contributed by atoms with Crippen LogP contribution in [0.2, 0.25) is 0 Å². The van der Waals surface area contributed by atoms with Crippen LogP contribution in [0.25, 0.3) is 0 Å². The monoisotopic (exact) mass is 372 g/mol. The van der Waals surface area contributed by atoms with E-state index in [9.17, 15) is 0 Å². The van der Waals surface area contributed by atoms with Crippen molar-refractivity contribution in [3.8, 4) is 17.4 Å². The van der Waals surface area contributed by atoms with Crippen molar-refractivity contribution >= 4 is 11.6 Å². The van der Waals surface area contributed by atoms with E-state index in [0.29, 0.717) is 36.5 Å². The van der Waals surface area contributed by atoms with Gasteiger partial charge in [-0.1, -0.05) is 19.4 Å². The fourth-order valence-corrected chi connectivity index (χ4v) is 2.41. The smallest absolute Gasteiger partial charge is 0.218 e. The van der Waals surface area contributed by atoms with Gasteiger partial charge >= 0.3 is 0 Å². The van der Waals surface area contributed by atoms with Crippen molar-refractivity contribution < 1.29 is 14.2 Å². The van der Waals surface area contributed by atoms with Gasteiger partial charge in [0.2, 0.25) is 5.88 Å². The second-order valence-corrected chi connectivity index (χ2v) is 5.79. The predicted octanol–water partition coefficient (Wildman–Crippen LogP) is 3.47. The lowest BCUT2D eigenvalue weighted by molar-refractivity contribution is 0.294. The second-order valence-electron chi connectivity index (χ2n) is 5.79. The summed E-state index contributed by atoms with van der Waals surface area (Å²) >= 11 is 0. The van der Waals surface area contributed by atoms with Crippen LogP contribution in [0.5, 0.6) is 17.4 Å². The molecule has 7 heteroatoms. The molecule has 1 aromatic heterocycles. The van der Waals surface area contributed by atoms with Gasteiger partial charge in [-0.2, -0.15) is 0 Å². The maximum absolute atomic E-state index is 5.78. The number of unbranched alkanes of at least 4 members (excludes halogenated alkanes) is 1. The molecule has 0 bridgehead atoms. The van der Waals surface area contributed by atoms with Crippen molar-refractivity contribution in [1.82, 2.24) is 10.3 Å². The van der Waals surface area contributed by atoms with Crippen LogP contribution in [0, 0.1) is 0 Å². The minimum Gasteiger partial charge on any atom is -0.493 e. The predicted molar refractivity (Wildman–Crippen MR) is 108 cm³/mol. The lowest BCUT2D eigenvalue weighted by Gasteiger charge is -2.15. The van der Waals surface area contributed by atoms with Crippen molar-refractivity contribution in [2.75, 3.05) is 33.2 Å². The van der Waals surface area contributed by atoms with Gasteiger partial charge in [-0.05, 0) is 24.6 Å². The zero-order valence-corrected chi connectivity index (χ0v) is 16.4. The number of methoxy groups -OCH3 is 2. The van der Waals surface area contributed by atoms with E-state index < -0.39 is 0 Å². The van der Waals surface area contributed by atoms with Crippen molar-refractivity contribution in [2.45, 2.75) is 26.3 Å². The highest BCUT2D eigenvalue weighted by atomic mass is 16.5. The third-order valence-corrected chi connectivity index (χ3v) is 3.90. The Balaban J connectivity index is 2.00. The normalized spacial score (nSPS) is 11.0. The number of aliphatic imine (C=N–C) groups is 1. The van der Waals surface area contributed by atoms with Crippen LogP contribution in [0.1, 0.15) is 25.3 Å². The number of benzene rings is 1. The minimum absolute atomic E-state index is 0.544. The van der Waals surface area contributed by atoms with E-state index in [1.807, 2.05) is 30.3 Å². The van der Waals surface area contributed by atoms with Crippen LogP contribution in [0.3, 0.4) is 0 Å². The second kappa shape index (κ2) is 10.9. The van der Waals surface area contributed by atoms with Gasteiger partial charge < -0.3 is 24.8 Å². The first kappa shape index (κ1) is 20.4. The molecule has 146 valence electrons. The fraction of sp³-hybridized carbons (Fsp3) is 0.400. The molecule has 0 saturated carbocycles. The molecule has 2 N–H and O–H groups in total. The van der Waals surface area contributed by atoms with Crippen molar-refractivity contribution in [1.29, 1.82) is 0 Å². The van der Waals surface area contributed by atoms with Gasteiger partial charge in [-0.25, -0.2) is 4.98 Å². The molecule has 0 saturated heterocycles. The standard InChI is InChI=1S/C20H28N4O3/c1-5-6-12-27-19-15(8-7-11-22-19)14-23-20(21-2)24-16-9-10-17(25-3)18(13-16)26-4/h7-11,13H,5-6,12,14H2,1-4H3,(H2,21,23,24). The van der Waals surface area contributed by atoms with Crippen molar-refractivity contribution in [3.05, 3.63) is 42.1 Å². The molecule has 7 nitrogen and oxygen atoms in total. The number of anilines is 1. The molecule has 2 rings (SSSR count). The van der Waals surface area contributed by atoms with E-state index in [2.05, 4.69) is 27.5 Å². The highest BCUT2D eigenvalue weighted by Crippen LogP contribution is 2.29. The molecular weight excluding hydrogens is 344 g/mol. The molecular formula is C20H28N4O3. The molecule has 2 aromatic rings. The third kappa shape index (κ3) is 6.06. The number of hydrogen-bond donors (Lipinski definition) is 2. The van der Waals surface area contributed by atoms with Crippen LogP contribution < -0.4 is 24.8 Å². The molecule has 1 heterocycles. The SMILES string of the molecule is CCCCOc1ncccc1CNC(=NC)Nc1ccc(OC)c(OC)c1. The summed E-state index contributed by atoms with van der Waals surface area (Å²) in [5.74, 6) is 2.61. The Hall–Kier alpha value is -2.96. The van der Waals surface area contributed by atoms with Crippen LogP contribution >= 0.6 is 0 Å². The van der Waals surface area contributed by atoms with Gasteiger partial charge in [-0.15, -0.1) is 0 Å². The first-order chi connectivity index (χ1) is 13.2. The molecule has 0 amide bonds. The minimum atomic E-state index is 0.544. The highest BCUT2D eigenvalue weighted by Gasteiger charge is 2.08. The molecule has 0 aliphatic rings.